The van der Waals surface area contributed by atoms with Crippen molar-refractivity contribution in [3.05, 3.63) is 63.8 Å². The summed E-state index contributed by atoms with van der Waals surface area (Å²) in [6.45, 7) is 2.20. The van der Waals surface area contributed by atoms with Crippen molar-refractivity contribution in [1.29, 1.82) is 0 Å². The van der Waals surface area contributed by atoms with Crippen LogP contribution in [0.2, 0.25) is 0 Å². The second-order valence-corrected chi connectivity index (χ2v) is 7.49. The van der Waals surface area contributed by atoms with E-state index in [1.807, 2.05) is 18.2 Å². The molecule has 1 amide bonds. The van der Waals surface area contributed by atoms with E-state index in [2.05, 4.69) is 15.3 Å². The Morgan fingerprint density at radius 2 is 2.22 bits per heavy atom. The number of pyridine rings is 1. The Hall–Kier alpha value is -2.58. The average molecular weight is 383 g/mol. The normalized spacial score (nSPS) is 17.6. The Morgan fingerprint density at radius 1 is 1.30 bits per heavy atom. The highest BCUT2D eigenvalue weighted by Gasteiger charge is 2.28. The van der Waals surface area contributed by atoms with Crippen molar-refractivity contribution < 1.29 is 4.79 Å². The number of fused-ring (bicyclic) bond motifs is 1. The van der Waals surface area contributed by atoms with Gasteiger partial charge in [0, 0.05) is 30.0 Å². The van der Waals surface area contributed by atoms with Gasteiger partial charge in [0.05, 0.1) is 12.2 Å². The summed E-state index contributed by atoms with van der Waals surface area (Å²) < 4.78 is 1.44. The summed E-state index contributed by atoms with van der Waals surface area (Å²) in [7, 11) is 0. The van der Waals surface area contributed by atoms with Gasteiger partial charge in [-0.2, -0.15) is 0 Å². The first-order chi connectivity index (χ1) is 13.2. The monoisotopic (exact) mass is 383 g/mol. The fraction of sp³-hybridized carbons (Fsp3) is 0.368. The van der Waals surface area contributed by atoms with Crippen molar-refractivity contribution in [1.82, 2.24) is 24.6 Å². The van der Waals surface area contributed by atoms with Gasteiger partial charge < -0.3 is 10.2 Å². The van der Waals surface area contributed by atoms with Crippen molar-refractivity contribution in [2.45, 2.75) is 31.8 Å². The van der Waals surface area contributed by atoms with E-state index in [0.29, 0.717) is 11.5 Å². The number of thiazole rings is 1. The van der Waals surface area contributed by atoms with E-state index in [4.69, 9.17) is 0 Å². The molecule has 7 nitrogen and oxygen atoms in total. The maximum Gasteiger partial charge on any atom is 0.271 e. The van der Waals surface area contributed by atoms with Crippen LogP contribution in [0, 0.1) is 0 Å². The maximum absolute atomic E-state index is 13.4. The Labute approximate surface area is 160 Å². The molecule has 0 spiro atoms. The molecule has 1 saturated heterocycles. The van der Waals surface area contributed by atoms with Crippen LogP contribution in [-0.2, 0) is 6.54 Å². The van der Waals surface area contributed by atoms with E-state index >= 15 is 0 Å². The zero-order chi connectivity index (χ0) is 18.6. The molecule has 1 fully saturated rings. The molecule has 3 aromatic heterocycles. The zero-order valence-electron chi connectivity index (χ0n) is 14.9. The number of hydrogen-bond donors (Lipinski definition) is 1. The SMILES string of the molecule is O=C(c1cnc2sccn2c1=O)N(Cc1ccccn1)C1CCCNCC1. The molecule has 1 aliphatic heterocycles. The molecule has 1 N–H and O–H groups in total. The molecule has 8 heteroatoms. The molecule has 1 atom stereocenters. The van der Waals surface area contributed by atoms with Crippen LogP contribution < -0.4 is 10.9 Å². The van der Waals surface area contributed by atoms with Crippen molar-refractivity contribution in [3.63, 3.8) is 0 Å². The van der Waals surface area contributed by atoms with E-state index in [0.717, 1.165) is 38.0 Å². The summed E-state index contributed by atoms with van der Waals surface area (Å²) in [5.41, 5.74) is 0.607. The number of carbonyl (C=O) groups is 1. The minimum Gasteiger partial charge on any atom is -0.329 e. The summed E-state index contributed by atoms with van der Waals surface area (Å²) in [4.78, 5) is 37.2. The summed E-state index contributed by atoms with van der Waals surface area (Å²) >= 11 is 1.37. The minimum atomic E-state index is -0.316. The molecule has 0 bridgehead atoms. The predicted octanol–water partition coefficient (Wildman–Crippen LogP) is 1.94. The topological polar surface area (TPSA) is 79.6 Å². The van der Waals surface area contributed by atoms with E-state index in [1.54, 1.807) is 22.7 Å². The van der Waals surface area contributed by atoms with Gasteiger partial charge in [0.2, 0.25) is 0 Å². The van der Waals surface area contributed by atoms with Gasteiger partial charge in [0.25, 0.3) is 11.5 Å². The smallest absolute Gasteiger partial charge is 0.271 e. The van der Waals surface area contributed by atoms with Crippen molar-refractivity contribution >= 4 is 22.2 Å². The van der Waals surface area contributed by atoms with Gasteiger partial charge in [0.1, 0.15) is 5.56 Å². The van der Waals surface area contributed by atoms with E-state index in [-0.39, 0.29) is 23.1 Å². The lowest BCUT2D eigenvalue weighted by atomic mass is 10.1. The first-order valence-electron chi connectivity index (χ1n) is 9.10. The largest absolute Gasteiger partial charge is 0.329 e. The van der Waals surface area contributed by atoms with Crippen molar-refractivity contribution in [2.24, 2.45) is 0 Å². The quantitative estimate of drug-likeness (QED) is 0.745. The van der Waals surface area contributed by atoms with Gasteiger partial charge in [-0.05, 0) is 44.5 Å². The van der Waals surface area contributed by atoms with Crippen molar-refractivity contribution in [3.8, 4) is 0 Å². The molecule has 1 aliphatic rings. The molecule has 4 heterocycles. The molecule has 3 aromatic rings. The standard InChI is InChI=1S/C19H21N5O2S/c25-17-16(12-22-19-23(17)10-11-27-19)18(26)24(13-14-4-1-2-8-21-14)15-5-3-7-20-9-6-15/h1-2,4,8,10-12,15,20H,3,5-7,9,13H2. The summed E-state index contributed by atoms with van der Waals surface area (Å²) in [5, 5.41) is 5.17. The number of nitrogens with one attached hydrogen (secondary N) is 1. The molecule has 140 valence electrons. The number of aromatic nitrogens is 3. The van der Waals surface area contributed by atoms with E-state index < -0.39 is 0 Å². The van der Waals surface area contributed by atoms with Gasteiger partial charge in [-0.25, -0.2) is 4.98 Å². The second kappa shape index (κ2) is 7.98. The lowest BCUT2D eigenvalue weighted by Crippen LogP contribution is -2.43. The molecule has 4 rings (SSSR count). The maximum atomic E-state index is 13.4. The van der Waals surface area contributed by atoms with Gasteiger partial charge >= 0.3 is 0 Å². The Bertz CT molecular complexity index is 976. The molecule has 0 saturated carbocycles. The van der Waals surface area contributed by atoms with Gasteiger partial charge in [-0.15, -0.1) is 11.3 Å². The first-order valence-corrected chi connectivity index (χ1v) is 9.98. The van der Waals surface area contributed by atoms with Crippen LogP contribution in [0.5, 0.6) is 0 Å². The number of amides is 1. The van der Waals surface area contributed by atoms with E-state index in [9.17, 15) is 9.59 Å². The van der Waals surface area contributed by atoms with Gasteiger partial charge in [0.15, 0.2) is 4.96 Å². The third-order valence-corrected chi connectivity index (χ3v) is 5.65. The Balaban J connectivity index is 1.70. The van der Waals surface area contributed by atoms with Crippen LogP contribution in [0.15, 0.2) is 47.0 Å². The summed E-state index contributed by atoms with van der Waals surface area (Å²) in [6.07, 6.45) is 7.55. The Kier molecular flexibility index (Phi) is 5.26. The van der Waals surface area contributed by atoms with Crippen LogP contribution >= 0.6 is 11.3 Å². The number of rotatable bonds is 4. The first kappa shape index (κ1) is 17.8. The highest BCUT2D eigenvalue weighted by atomic mass is 32.1. The van der Waals surface area contributed by atoms with Crippen LogP contribution in [0.4, 0.5) is 0 Å². The van der Waals surface area contributed by atoms with Crippen molar-refractivity contribution in [2.75, 3.05) is 13.1 Å². The molecular weight excluding hydrogens is 362 g/mol. The molecule has 0 aromatic carbocycles. The molecular formula is C19H21N5O2S. The fourth-order valence-corrected chi connectivity index (χ4v) is 4.15. The summed E-state index contributed by atoms with van der Waals surface area (Å²) in [6, 6.07) is 5.74. The number of nitrogens with zero attached hydrogens (tertiary/aromatic N) is 4. The van der Waals surface area contributed by atoms with Crippen LogP contribution in [-0.4, -0.2) is 44.3 Å². The minimum absolute atomic E-state index is 0.0667. The molecule has 0 radical (unpaired) electrons. The van der Waals surface area contributed by atoms with Crippen LogP contribution in [0.25, 0.3) is 4.96 Å². The number of hydrogen-bond acceptors (Lipinski definition) is 6. The highest BCUT2D eigenvalue weighted by molar-refractivity contribution is 7.15. The van der Waals surface area contributed by atoms with Crippen LogP contribution in [0.3, 0.4) is 0 Å². The predicted molar refractivity (Wildman–Crippen MR) is 104 cm³/mol. The Morgan fingerprint density at radius 3 is 3.07 bits per heavy atom. The zero-order valence-corrected chi connectivity index (χ0v) is 15.7. The number of carbonyl (C=O) groups excluding carboxylic acids is 1. The van der Waals surface area contributed by atoms with E-state index in [1.165, 1.54) is 21.9 Å². The fourth-order valence-electron chi connectivity index (χ4n) is 3.47. The second-order valence-electron chi connectivity index (χ2n) is 6.62. The molecule has 0 aliphatic carbocycles. The third-order valence-electron chi connectivity index (χ3n) is 4.88. The van der Waals surface area contributed by atoms with Gasteiger partial charge in [-0.3, -0.25) is 19.0 Å². The average Bonchev–Trinajstić information content (AvgIpc) is 3.02. The molecule has 27 heavy (non-hydrogen) atoms. The molecule has 1 unspecified atom stereocenters. The third kappa shape index (κ3) is 3.77. The summed E-state index contributed by atoms with van der Waals surface area (Å²) in [5.74, 6) is -0.273. The van der Waals surface area contributed by atoms with Gasteiger partial charge in [-0.1, -0.05) is 6.07 Å². The highest BCUT2D eigenvalue weighted by Crippen LogP contribution is 2.19. The van der Waals surface area contributed by atoms with Crippen LogP contribution in [0.1, 0.15) is 35.3 Å². The lowest BCUT2D eigenvalue weighted by Gasteiger charge is -2.30. The lowest BCUT2D eigenvalue weighted by molar-refractivity contribution is 0.0640.